The van der Waals surface area contributed by atoms with E-state index in [1.165, 1.54) is 12.6 Å². The molecule has 0 nitrogen and oxygen atoms in total. The summed E-state index contributed by atoms with van der Waals surface area (Å²) in [6, 6.07) is 0. The van der Waals surface area contributed by atoms with Crippen molar-refractivity contribution in [3.8, 4) is 0 Å². The van der Waals surface area contributed by atoms with E-state index >= 15 is 0 Å². The Labute approximate surface area is 52.3 Å². The Hall–Kier alpha value is 0.949. The zero-order chi connectivity index (χ0) is 4.12. The fourth-order valence-corrected chi connectivity index (χ4v) is 0.750. The summed E-state index contributed by atoms with van der Waals surface area (Å²) in [6.07, 6.45) is 2.77. The van der Waals surface area contributed by atoms with Crippen LogP contribution in [0, 0.1) is 0 Å². The third-order valence-corrected chi connectivity index (χ3v) is 1.50. The van der Waals surface area contributed by atoms with E-state index in [1.807, 2.05) is 0 Å². The molecule has 0 rings (SSSR count). The van der Waals surface area contributed by atoms with Gasteiger partial charge in [0.05, 0.1) is 0 Å². The van der Waals surface area contributed by atoms with Crippen LogP contribution in [0.25, 0.3) is 0 Å². The van der Waals surface area contributed by atoms with Crippen molar-refractivity contribution in [2.75, 3.05) is 12.8 Å². The first-order valence-corrected chi connectivity index (χ1v) is 3.77. The van der Waals surface area contributed by atoms with E-state index in [0.29, 0.717) is 0 Å². The number of hydrogen-bond donors (Lipinski definition) is 0. The van der Waals surface area contributed by atoms with E-state index in [-0.39, 0.29) is 17.1 Å². The second-order valence-electron chi connectivity index (χ2n) is 1.10. The van der Waals surface area contributed by atoms with E-state index in [9.17, 15) is 0 Å². The zero-order valence-corrected chi connectivity index (χ0v) is 7.51. The standard InChI is InChI=1S/C4H11P.H2Se/c1-3-4-5-2;/h5H,3-4H2,1-2H3;1H2. The Morgan fingerprint density at radius 1 is 1.50 bits per heavy atom. The van der Waals surface area contributed by atoms with Crippen molar-refractivity contribution in [2.24, 2.45) is 0 Å². The molecule has 0 aromatic heterocycles. The molecule has 0 spiro atoms. The van der Waals surface area contributed by atoms with Gasteiger partial charge in [-0.05, 0) is 12.8 Å². The molecule has 0 aliphatic heterocycles. The van der Waals surface area contributed by atoms with Gasteiger partial charge in [-0.1, -0.05) is 13.3 Å². The maximum atomic E-state index is 2.24. The van der Waals surface area contributed by atoms with Gasteiger partial charge in [-0.2, -0.15) is 0 Å². The molecule has 0 aromatic rings. The van der Waals surface area contributed by atoms with Crippen molar-refractivity contribution < 1.29 is 0 Å². The van der Waals surface area contributed by atoms with Crippen molar-refractivity contribution in [1.82, 2.24) is 0 Å². The Balaban J connectivity index is 0. The minimum atomic E-state index is 0. The van der Waals surface area contributed by atoms with E-state index in [0.717, 1.165) is 8.58 Å². The van der Waals surface area contributed by atoms with Gasteiger partial charge in [-0.25, -0.2) is 0 Å². The van der Waals surface area contributed by atoms with Crippen LogP contribution in [0.2, 0.25) is 0 Å². The molecule has 0 saturated carbocycles. The van der Waals surface area contributed by atoms with Gasteiger partial charge in [0.15, 0.2) is 0 Å². The molecule has 1 unspecified atom stereocenters. The summed E-state index contributed by atoms with van der Waals surface area (Å²) in [5.41, 5.74) is 0. The molecule has 0 aliphatic rings. The summed E-state index contributed by atoms with van der Waals surface area (Å²) in [7, 11) is 1.16. The van der Waals surface area contributed by atoms with E-state index in [4.69, 9.17) is 0 Å². The molecular weight excluding hydrogens is 158 g/mol. The average molecular weight is 171 g/mol. The predicted molar refractivity (Wildman–Crippen MR) is 37.9 cm³/mol. The van der Waals surface area contributed by atoms with Gasteiger partial charge in [-0.3, -0.25) is 0 Å². The minimum absolute atomic E-state index is 0. The van der Waals surface area contributed by atoms with Gasteiger partial charge in [-0.15, -0.1) is 8.58 Å². The molecule has 0 N–H and O–H groups in total. The molecule has 0 saturated heterocycles. The molecule has 40 valence electrons. The van der Waals surface area contributed by atoms with Crippen molar-refractivity contribution in [2.45, 2.75) is 13.3 Å². The second kappa shape index (κ2) is 9.34. The fourth-order valence-electron chi connectivity index (χ4n) is 0.250. The Kier molecular flexibility index (Phi) is 15.6. The van der Waals surface area contributed by atoms with Gasteiger partial charge >= 0.3 is 17.1 Å². The second-order valence-corrected chi connectivity index (χ2v) is 2.31. The van der Waals surface area contributed by atoms with Gasteiger partial charge in [0.25, 0.3) is 0 Å². The monoisotopic (exact) mass is 172 g/mol. The molecule has 0 aliphatic carbocycles. The molecule has 0 bridgehead atoms. The summed E-state index contributed by atoms with van der Waals surface area (Å²) in [5, 5.41) is 0. The Morgan fingerprint density at radius 3 is 2.00 bits per heavy atom. The molecule has 2 heteroatoms. The first-order chi connectivity index (χ1) is 2.41. The van der Waals surface area contributed by atoms with Crippen LogP contribution in [0.15, 0.2) is 0 Å². The van der Waals surface area contributed by atoms with Crippen LogP contribution in [0.5, 0.6) is 0 Å². The molecular formula is C4H13PSe. The van der Waals surface area contributed by atoms with E-state index < -0.39 is 0 Å². The summed E-state index contributed by atoms with van der Waals surface area (Å²) in [6.45, 7) is 4.46. The van der Waals surface area contributed by atoms with E-state index in [2.05, 4.69) is 13.6 Å². The van der Waals surface area contributed by atoms with Crippen LogP contribution < -0.4 is 0 Å². The summed E-state index contributed by atoms with van der Waals surface area (Å²) in [5.74, 6) is 0. The molecule has 0 aromatic carbocycles. The van der Waals surface area contributed by atoms with Crippen LogP contribution in [0.4, 0.5) is 0 Å². The molecule has 0 amide bonds. The van der Waals surface area contributed by atoms with Crippen LogP contribution >= 0.6 is 8.58 Å². The average Bonchev–Trinajstić information content (AvgIpc) is 1.41. The van der Waals surface area contributed by atoms with Crippen molar-refractivity contribution in [1.29, 1.82) is 0 Å². The molecule has 0 radical (unpaired) electrons. The fraction of sp³-hybridized carbons (Fsp3) is 1.00. The maximum absolute atomic E-state index is 2.24. The van der Waals surface area contributed by atoms with Gasteiger partial charge in [0.2, 0.25) is 0 Å². The van der Waals surface area contributed by atoms with Crippen molar-refractivity contribution in [3.05, 3.63) is 0 Å². The van der Waals surface area contributed by atoms with Crippen molar-refractivity contribution >= 4 is 25.6 Å². The van der Waals surface area contributed by atoms with Gasteiger partial charge < -0.3 is 0 Å². The number of hydrogen-bond acceptors (Lipinski definition) is 0. The normalized spacial score (nSPS) is 9.00. The molecule has 0 heterocycles. The summed E-state index contributed by atoms with van der Waals surface area (Å²) >= 11 is 0. The quantitative estimate of drug-likeness (QED) is 0.425. The van der Waals surface area contributed by atoms with Crippen LogP contribution in [0.1, 0.15) is 13.3 Å². The Bertz CT molecular complexity index is 15.0. The third-order valence-electron chi connectivity index (χ3n) is 0.500. The summed E-state index contributed by atoms with van der Waals surface area (Å²) < 4.78 is 0. The predicted octanol–water partition coefficient (Wildman–Crippen LogP) is 0.788. The first-order valence-electron chi connectivity index (χ1n) is 2.06. The third kappa shape index (κ3) is 8.87. The zero-order valence-electron chi connectivity index (χ0n) is 4.41. The molecule has 0 fully saturated rings. The van der Waals surface area contributed by atoms with E-state index in [1.54, 1.807) is 0 Å². The molecule has 6 heavy (non-hydrogen) atoms. The summed E-state index contributed by atoms with van der Waals surface area (Å²) in [4.78, 5) is 0. The number of rotatable bonds is 2. The van der Waals surface area contributed by atoms with Crippen LogP contribution in [-0.2, 0) is 0 Å². The van der Waals surface area contributed by atoms with Crippen LogP contribution in [-0.4, -0.2) is 29.9 Å². The SMILES string of the molecule is CCCPC.[SeH2]. The van der Waals surface area contributed by atoms with Crippen molar-refractivity contribution in [3.63, 3.8) is 0 Å². The van der Waals surface area contributed by atoms with Gasteiger partial charge in [0, 0.05) is 0 Å². The molecule has 1 atom stereocenters. The topological polar surface area (TPSA) is 0 Å². The first kappa shape index (κ1) is 10.0. The van der Waals surface area contributed by atoms with Crippen LogP contribution in [0.3, 0.4) is 0 Å². The Morgan fingerprint density at radius 2 is 2.00 bits per heavy atom. The van der Waals surface area contributed by atoms with Gasteiger partial charge in [0.1, 0.15) is 0 Å².